The van der Waals surface area contributed by atoms with Gasteiger partial charge in [-0.25, -0.2) is 9.78 Å². The minimum atomic E-state index is -1.08. The van der Waals surface area contributed by atoms with Gasteiger partial charge in [0, 0.05) is 13.0 Å². The number of halogens is 2. The molecule has 0 saturated carbocycles. The van der Waals surface area contributed by atoms with Crippen LogP contribution in [-0.2, 0) is 22.5 Å². The number of hydrogen-bond donors (Lipinski definition) is 1. The number of carbonyl (C=O) groups excluding carboxylic acids is 2. The summed E-state index contributed by atoms with van der Waals surface area (Å²) in [4.78, 5) is 41.9. The second kappa shape index (κ2) is 8.08. The van der Waals surface area contributed by atoms with Crippen molar-refractivity contribution in [2.24, 2.45) is 0 Å². The quantitative estimate of drug-likeness (QED) is 0.616. The van der Waals surface area contributed by atoms with Crippen molar-refractivity contribution in [2.45, 2.75) is 32.4 Å². The molecule has 0 radical (unpaired) electrons. The molecule has 2 heterocycles. The highest BCUT2D eigenvalue weighted by atomic mass is 35.5. The molecular formula is C21H17Cl2N3O4. The number of ether oxygens (including phenoxy) is 1. The highest BCUT2D eigenvalue weighted by Gasteiger charge is 2.22. The van der Waals surface area contributed by atoms with Gasteiger partial charge in [0.2, 0.25) is 0 Å². The first-order chi connectivity index (χ1) is 14.3. The normalized spacial score (nSPS) is 13.7. The van der Waals surface area contributed by atoms with Gasteiger partial charge >= 0.3 is 5.97 Å². The Morgan fingerprint density at radius 3 is 2.83 bits per heavy atom. The van der Waals surface area contributed by atoms with Crippen molar-refractivity contribution in [1.29, 1.82) is 0 Å². The Bertz CT molecular complexity index is 1240. The largest absolute Gasteiger partial charge is 0.449 e. The van der Waals surface area contributed by atoms with E-state index in [9.17, 15) is 14.4 Å². The van der Waals surface area contributed by atoms with Crippen LogP contribution in [0.25, 0.3) is 10.9 Å². The first kappa shape index (κ1) is 20.4. The Balaban J connectivity index is 1.51. The van der Waals surface area contributed by atoms with E-state index >= 15 is 0 Å². The fraction of sp³-hybridized carbons (Fsp3) is 0.238. The molecule has 2 aromatic carbocycles. The van der Waals surface area contributed by atoms with Gasteiger partial charge in [-0.15, -0.1) is 0 Å². The van der Waals surface area contributed by atoms with E-state index in [1.54, 1.807) is 28.8 Å². The summed E-state index contributed by atoms with van der Waals surface area (Å²) in [7, 11) is 0. The summed E-state index contributed by atoms with van der Waals surface area (Å²) >= 11 is 12.0. The standard InChI is InChI=1S/C21H17Cl2N3O4/c1-11(19(27)25-15-5-2-4-14(22)18(15)23)30-21(29)12-7-8-13-16(10-12)24-17-6-3-9-26(17)20(13)28/h2,4-5,7-8,10-11H,3,6,9H2,1H3,(H,25,27). The molecule has 0 spiro atoms. The number of carbonyl (C=O) groups is 2. The zero-order valence-corrected chi connectivity index (χ0v) is 17.5. The molecular weight excluding hydrogens is 429 g/mol. The van der Waals surface area contributed by atoms with Gasteiger partial charge in [-0.05, 0) is 43.7 Å². The van der Waals surface area contributed by atoms with Crippen molar-refractivity contribution in [3.8, 4) is 0 Å². The number of anilines is 1. The number of fused-ring (bicyclic) bond motifs is 2. The number of amides is 1. The van der Waals surface area contributed by atoms with E-state index in [-0.39, 0.29) is 16.1 Å². The number of rotatable bonds is 4. The van der Waals surface area contributed by atoms with Crippen molar-refractivity contribution in [3.63, 3.8) is 0 Å². The van der Waals surface area contributed by atoms with Crippen LogP contribution in [0.1, 0.15) is 29.5 Å². The molecule has 0 fully saturated rings. The van der Waals surface area contributed by atoms with Gasteiger partial charge in [0.25, 0.3) is 11.5 Å². The molecule has 154 valence electrons. The van der Waals surface area contributed by atoms with E-state index in [2.05, 4.69) is 10.3 Å². The summed E-state index contributed by atoms with van der Waals surface area (Å²) in [6.45, 7) is 2.11. The highest BCUT2D eigenvalue weighted by Crippen LogP contribution is 2.29. The molecule has 7 nitrogen and oxygen atoms in total. The smallest absolute Gasteiger partial charge is 0.338 e. The Morgan fingerprint density at radius 1 is 1.23 bits per heavy atom. The molecule has 1 aliphatic rings. The molecule has 1 unspecified atom stereocenters. The average molecular weight is 446 g/mol. The van der Waals surface area contributed by atoms with E-state index in [0.29, 0.717) is 34.0 Å². The molecule has 3 aromatic rings. The monoisotopic (exact) mass is 445 g/mol. The van der Waals surface area contributed by atoms with Crippen LogP contribution < -0.4 is 10.9 Å². The zero-order chi connectivity index (χ0) is 21.4. The van der Waals surface area contributed by atoms with Gasteiger partial charge in [0.15, 0.2) is 6.10 Å². The SMILES string of the molecule is CC(OC(=O)c1ccc2c(=O)n3c(nc2c1)CCC3)C(=O)Nc1cccc(Cl)c1Cl. The second-order valence-corrected chi connectivity index (χ2v) is 7.74. The molecule has 0 saturated heterocycles. The summed E-state index contributed by atoms with van der Waals surface area (Å²) in [6, 6.07) is 9.39. The Kier molecular flexibility index (Phi) is 5.49. The minimum Gasteiger partial charge on any atom is -0.449 e. The number of nitrogens with zero attached hydrogens (tertiary/aromatic N) is 2. The maximum atomic E-state index is 12.5. The van der Waals surface area contributed by atoms with E-state index in [4.69, 9.17) is 27.9 Å². The molecule has 1 aliphatic heterocycles. The van der Waals surface area contributed by atoms with Gasteiger partial charge in [0.1, 0.15) is 5.82 Å². The number of aromatic nitrogens is 2. The van der Waals surface area contributed by atoms with Crippen LogP contribution in [0.15, 0.2) is 41.2 Å². The number of esters is 1. The Hall–Kier alpha value is -2.90. The molecule has 0 bridgehead atoms. The Labute approximate surface area is 181 Å². The lowest BCUT2D eigenvalue weighted by molar-refractivity contribution is -0.123. The third-order valence-electron chi connectivity index (χ3n) is 4.91. The van der Waals surface area contributed by atoms with Crippen LogP contribution in [-0.4, -0.2) is 27.5 Å². The molecule has 0 aliphatic carbocycles. The summed E-state index contributed by atoms with van der Waals surface area (Å²) < 4.78 is 6.93. The van der Waals surface area contributed by atoms with Crippen LogP contribution in [0.5, 0.6) is 0 Å². The summed E-state index contributed by atoms with van der Waals surface area (Å²) in [5, 5.41) is 3.52. The first-order valence-electron chi connectivity index (χ1n) is 9.34. The van der Waals surface area contributed by atoms with E-state index < -0.39 is 18.0 Å². The minimum absolute atomic E-state index is 0.112. The average Bonchev–Trinajstić information content (AvgIpc) is 3.19. The fourth-order valence-electron chi connectivity index (χ4n) is 3.33. The third-order valence-corrected chi connectivity index (χ3v) is 5.73. The van der Waals surface area contributed by atoms with Gasteiger partial charge < -0.3 is 10.1 Å². The summed E-state index contributed by atoms with van der Waals surface area (Å²) in [5.74, 6) is -0.536. The zero-order valence-electron chi connectivity index (χ0n) is 15.9. The summed E-state index contributed by atoms with van der Waals surface area (Å²) in [6.07, 6.45) is 0.515. The van der Waals surface area contributed by atoms with Crippen molar-refractivity contribution in [3.05, 3.63) is 68.2 Å². The number of benzene rings is 2. The molecule has 1 atom stereocenters. The van der Waals surface area contributed by atoms with E-state index in [0.717, 1.165) is 12.8 Å². The summed E-state index contributed by atoms with van der Waals surface area (Å²) in [5.41, 5.74) is 0.850. The van der Waals surface area contributed by atoms with Crippen LogP contribution >= 0.6 is 23.2 Å². The van der Waals surface area contributed by atoms with Crippen molar-refractivity contribution in [2.75, 3.05) is 5.32 Å². The fourth-order valence-corrected chi connectivity index (χ4v) is 3.68. The molecule has 1 aromatic heterocycles. The highest BCUT2D eigenvalue weighted by molar-refractivity contribution is 6.44. The molecule has 9 heteroatoms. The van der Waals surface area contributed by atoms with Gasteiger partial charge in [0.05, 0.1) is 32.2 Å². The van der Waals surface area contributed by atoms with Gasteiger partial charge in [-0.1, -0.05) is 29.3 Å². The second-order valence-electron chi connectivity index (χ2n) is 6.96. The van der Waals surface area contributed by atoms with Crippen LogP contribution in [0.2, 0.25) is 10.0 Å². The number of aryl methyl sites for hydroxylation is 1. The lowest BCUT2D eigenvalue weighted by Crippen LogP contribution is -2.30. The third kappa shape index (κ3) is 3.78. The van der Waals surface area contributed by atoms with E-state index in [1.807, 2.05) is 0 Å². The first-order valence-corrected chi connectivity index (χ1v) is 10.1. The topological polar surface area (TPSA) is 90.3 Å². The molecule has 1 amide bonds. The molecule has 30 heavy (non-hydrogen) atoms. The Morgan fingerprint density at radius 2 is 2.03 bits per heavy atom. The van der Waals surface area contributed by atoms with Crippen molar-refractivity contribution in [1.82, 2.24) is 9.55 Å². The lowest BCUT2D eigenvalue weighted by atomic mass is 10.1. The van der Waals surface area contributed by atoms with Gasteiger partial charge in [-0.2, -0.15) is 0 Å². The lowest BCUT2D eigenvalue weighted by Gasteiger charge is -2.15. The maximum absolute atomic E-state index is 12.5. The predicted octanol–water partition coefficient (Wildman–Crippen LogP) is 3.83. The maximum Gasteiger partial charge on any atom is 0.338 e. The molecule has 1 N–H and O–H groups in total. The van der Waals surface area contributed by atoms with Crippen molar-refractivity contribution < 1.29 is 14.3 Å². The predicted molar refractivity (Wildman–Crippen MR) is 114 cm³/mol. The number of hydrogen-bond acceptors (Lipinski definition) is 5. The van der Waals surface area contributed by atoms with Crippen LogP contribution in [0.4, 0.5) is 5.69 Å². The van der Waals surface area contributed by atoms with E-state index in [1.165, 1.54) is 19.1 Å². The number of nitrogens with one attached hydrogen (secondary N) is 1. The van der Waals surface area contributed by atoms with Crippen molar-refractivity contribution >= 4 is 51.7 Å². The van der Waals surface area contributed by atoms with Crippen LogP contribution in [0, 0.1) is 0 Å². The van der Waals surface area contributed by atoms with Gasteiger partial charge in [-0.3, -0.25) is 14.2 Å². The van der Waals surface area contributed by atoms with Crippen LogP contribution in [0.3, 0.4) is 0 Å². The molecule has 4 rings (SSSR count).